The molecule has 0 aliphatic heterocycles. The molecule has 10 heteroatoms. The van der Waals surface area contributed by atoms with E-state index in [0.29, 0.717) is 12.1 Å². The lowest BCUT2D eigenvalue weighted by atomic mass is 10.1. The maximum absolute atomic E-state index is 12.6. The lowest BCUT2D eigenvalue weighted by Gasteiger charge is -2.14. The number of carbonyl (C=O) groups excluding carboxylic acids is 1. The third-order valence-corrected chi connectivity index (χ3v) is 2.55. The molecule has 0 fully saturated rings. The fourth-order valence-electron chi connectivity index (χ4n) is 1.50. The molecule has 0 unspecified atom stereocenters. The number of alkyl halides is 6. The van der Waals surface area contributed by atoms with Crippen molar-refractivity contribution in [3.8, 4) is 0 Å². The van der Waals surface area contributed by atoms with E-state index in [1.807, 2.05) is 0 Å². The second-order valence-electron chi connectivity index (χ2n) is 4.43. The summed E-state index contributed by atoms with van der Waals surface area (Å²) in [7, 11) is 0. The molecule has 1 aromatic carbocycles. The number of anilines is 1. The molecule has 1 amide bonds. The van der Waals surface area contributed by atoms with Crippen LogP contribution < -0.4 is 5.32 Å². The fourth-order valence-corrected chi connectivity index (χ4v) is 1.50. The average molecular weight is 341 g/mol. The van der Waals surface area contributed by atoms with Crippen LogP contribution >= 0.6 is 0 Å². The summed E-state index contributed by atoms with van der Waals surface area (Å²) in [6.07, 6.45) is -10.9. The van der Waals surface area contributed by atoms with Gasteiger partial charge in [0.1, 0.15) is 0 Å². The van der Waals surface area contributed by atoms with Crippen molar-refractivity contribution in [2.24, 2.45) is 0 Å². The first-order valence-electron chi connectivity index (χ1n) is 5.81. The summed E-state index contributed by atoms with van der Waals surface area (Å²) in [5, 5.41) is 10.3. The molecule has 0 heterocycles. The van der Waals surface area contributed by atoms with Crippen LogP contribution in [0.3, 0.4) is 0 Å². The monoisotopic (exact) mass is 341 g/mol. The summed E-state index contributed by atoms with van der Waals surface area (Å²) in [4.78, 5) is 21.9. The predicted molar refractivity (Wildman–Crippen MR) is 66.5 cm³/mol. The van der Waals surface area contributed by atoms with E-state index in [-0.39, 0.29) is 6.07 Å². The molecule has 0 spiro atoms. The average Bonchev–Trinajstić information content (AvgIpc) is 2.35. The lowest BCUT2D eigenvalue weighted by Crippen LogP contribution is -2.17. The van der Waals surface area contributed by atoms with Gasteiger partial charge in [-0.25, -0.2) is 4.79 Å². The minimum atomic E-state index is -5.05. The zero-order chi connectivity index (χ0) is 18.0. The van der Waals surface area contributed by atoms with Gasteiger partial charge in [0.2, 0.25) is 5.91 Å². The van der Waals surface area contributed by atoms with E-state index in [1.54, 1.807) is 5.32 Å². The molecule has 126 valence electrons. The highest BCUT2D eigenvalue weighted by atomic mass is 19.4. The number of aliphatic carboxylic acids is 1. The van der Waals surface area contributed by atoms with E-state index in [4.69, 9.17) is 5.11 Å². The van der Waals surface area contributed by atoms with Crippen LogP contribution in [-0.4, -0.2) is 17.0 Å². The fraction of sp³-hybridized carbons (Fsp3) is 0.231. The highest BCUT2D eigenvalue weighted by molar-refractivity contribution is 5.99. The van der Waals surface area contributed by atoms with Gasteiger partial charge in [0.25, 0.3) is 0 Å². The normalized spacial score (nSPS) is 11.9. The van der Waals surface area contributed by atoms with Crippen molar-refractivity contribution in [3.63, 3.8) is 0 Å². The zero-order valence-electron chi connectivity index (χ0n) is 11.2. The predicted octanol–water partition coefficient (Wildman–Crippen LogP) is 3.69. The molecule has 4 nitrogen and oxygen atoms in total. The number of hydrogen-bond acceptors (Lipinski definition) is 2. The number of nitrogens with one attached hydrogen (secondary N) is 1. The number of carbonyl (C=O) groups is 2. The minimum absolute atomic E-state index is 0.0914. The minimum Gasteiger partial charge on any atom is -0.478 e. The van der Waals surface area contributed by atoms with E-state index in [2.05, 4.69) is 6.58 Å². The molecule has 0 atom stereocenters. The van der Waals surface area contributed by atoms with Crippen molar-refractivity contribution in [2.45, 2.75) is 18.8 Å². The van der Waals surface area contributed by atoms with Crippen LogP contribution in [0, 0.1) is 0 Å². The topological polar surface area (TPSA) is 66.4 Å². The molecule has 0 radical (unpaired) electrons. The molecule has 2 N–H and O–H groups in total. The number of amides is 1. The Hall–Kier alpha value is -2.52. The van der Waals surface area contributed by atoms with Gasteiger partial charge in [-0.1, -0.05) is 6.58 Å². The van der Waals surface area contributed by atoms with Crippen LogP contribution in [-0.2, 0) is 21.9 Å². The number of halogens is 6. The Bertz CT molecular complexity index is 616. The summed E-state index contributed by atoms with van der Waals surface area (Å²) >= 11 is 0. The number of carboxylic acid groups (broad SMARTS) is 1. The SMILES string of the molecule is C=C(CC(=O)Nc1cc(C(F)(F)F)cc(C(F)(F)F)c1)C(=O)O. The molecule has 1 rings (SSSR count). The third kappa shape index (κ3) is 5.31. The van der Waals surface area contributed by atoms with Gasteiger partial charge in [-0.2, -0.15) is 26.3 Å². The van der Waals surface area contributed by atoms with Crippen LogP contribution in [0.5, 0.6) is 0 Å². The number of rotatable bonds is 4. The Morgan fingerprint density at radius 2 is 1.43 bits per heavy atom. The van der Waals surface area contributed by atoms with E-state index in [9.17, 15) is 35.9 Å². The lowest BCUT2D eigenvalue weighted by molar-refractivity contribution is -0.143. The Morgan fingerprint density at radius 1 is 1.00 bits per heavy atom. The highest BCUT2D eigenvalue weighted by Crippen LogP contribution is 2.37. The third-order valence-electron chi connectivity index (χ3n) is 2.55. The molecule has 0 aromatic heterocycles. The van der Waals surface area contributed by atoms with E-state index in [1.165, 1.54) is 0 Å². The molecule has 0 saturated carbocycles. The van der Waals surface area contributed by atoms with Crippen molar-refractivity contribution in [1.29, 1.82) is 0 Å². The summed E-state index contributed by atoms with van der Waals surface area (Å²) in [6.45, 7) is 3.03. The maximum Gasteiger partial charge on any atom is 0.416 e. The van der Waals surface area contributed by atoms with Crippen LogP contribution in [0.15, 0.2) is 30.4 Å². The number of benzene rings is 1. The Labute approximate surface area is 125 Å². The summed E-state index contributed by atoms with van der Waals surface area (Å²) in [5.74, 6) is -2.62. The van der Waals surface area contributed by atoms with Crippen molar-refractivity contribution in [3.05, 3.63) is 41.5 Å². The second kappa shape index (κ2) is 6.31. The molecule has 0 aliphatic rings. The van der Waals surface area contributed by atoms with Crippen LogP contribution in [0.2, 0.25) is 0 Å². The molecule has 23 heavy (non-hydrogen) atoms. The second-order valence-corrected chi connectivity index (χ2v) is 4.43. The van der Waals surface area contributed by atoms with Gasteiger partial charge < -0.3 is 10.4 Å². The smallest absolute Gasteiger partial charge is 0.416 e. The highest BCUT2D eigenvalue weighted by Gasteiger charge is 2.37. The molecule has 1 aromatic rings. The first kappa shape index (κ1) is 18.5. The summed E-state index contributed by atoms with van der Waals surface area (Å²) < 4.78 is 75.7. The molecule has 0 aliphatic carbocycles. The zero-order valence-corrected chi connectivity index (χ0v) is 11.2. The number of hydrogen-bond donors (Lipinski definition) is 2. The van der Waals surface area contributed by atoms with Crippen molar-refractivity contribution in [2.75, 3.05) is 5.32 Å². The van der Waals surface area contributed by atoms with Crippen LogP contribution in [0.1, 0.15) is 17.5 Å². The largest absolute Gasteiger partial charge is 0.478 e. The standard InChI is InChI=1S/C13H9F6NO3/c1-6(11(22)23)2-10(21)20-9-4-7(12(14,15)16)3-8(5-9)13(17,18)19/h3-5H,1-2H2,(H,20,21)(H,22,23). The van der Waals surface area contributed by atoms with Crippen molar-refractivity contribution < 1.29 is 41.0 Å². The molecular formula is C13H9F6NO3. The van der Waals surface area contributed by atoms with Gasteiger partial charge in [0.15, 0.2) is 0 Å². The number of carboxylic acids is 1. The Balaban J connectivity index is 3.13. The summed E-state index contributed by atoms with van der Waals surface area (Å²) in [6, 6.07) is 0.541. The van der Waals surface area contributed by atoms with Crippen molar-refractivity contribution in [1.82, 2.24) is 0 Å². The molecular weight excluding hydrogens is 332 g/mol. The van der Waals surface area contributed by atoms with E-state index in [0.717, 1.165) is 0 Å². The first-order chi connectivity index (χ1) is 10.3. The van der Waals surface area contributed by atoms with Gasteiger partial charge in [-0.3, -0.25) is 4.79 Å². The van der Waals surface area contributed by atoms with Crippen molar-refractivity contribution >= 4 is 17.6 Å². The van der Waals surface area contributed by atoms with Gasteiger partial charge in [0.05, 0.1) is 17.5 Å². The molecule has 0 bridgehead atoms. The van der Waals surface area contributed by atoms with Gasteiger partial charge in [-0.15, -0.1) is 0 Å². The van der Waals surface area contributed by atoms with E-state index >= 15 is 0 Å². The van der Waals surface area contributed by atoms with Gasteiger partial charge in [-0.05, 0) is 18.2 Å². The maximum atomic E-state index is 12.6. The van der Waals surface area contributed by atoms with Crippen LogP contribution in [0.4, 0.5) is 32.0 Å². The van der Waals surface area contributed by atoms with Gasteiger partial charge in [0, 0.05) is 11.3 Å². The quantitative estimate of drug-likeness (QED) is 0.648. The Kier molecular flexibility index (Phi) is 5.08. The first-order valence-corrected chi connectivity index (χ1v) is 5.81. The Morgan fingerprint density at radius 3 is 1.78 bits per heavy atom. The molecule has 0 saturated heterocycles. The van der Waals surface area contributed by atoms with Crippen LogP contribution in [0.25, 0.3) is 0 Å². The summed E-state index contributed by atoms with van der Waals surface area (Å²) in [5.41, 5.74) is -4.51. The van der Waals surface area contributed by atoms with E-state index < -0.39 is 53.0 Å². The van der Waals surface area contributed by atoms with Gasteiger partial charge >= 0.3 is 18.3 Å².